The van der Waals surface area contributed by atoms with Crippen LogP contribution in [0.2, 0.25) is 0 Å². The van der Waals surface area contributed by atoms with Crippen LogP contribution in [0.4, 0.5) is 4.79 Å². The molecule has 1 unspecified atom stereocenters. The molecule has 1 fully saturated rings. The molecule has 1 aliphatic carbocycles. The summed E-state index contributed by atoms with van der Waals surface area (Å²) in [6.45, 7) is 2.01. The van der Waals surface area contributed by atoms with Gasteiger partial charge >= 0.3 is 6.03 Å². The van der Waals surface area contributed by atoms with Crippen molar-refractivity contribution in [3.8, 4) is 0 Å². The normalized spacial score (nSPS) is 18.3. The number of urea groups is 1. The van der Waals surface area contributed by atoms with Gasteiger partial charge in [0, 0.05) is 6.04 Å². The summed E-state index contributed by atoms with van der Waals surface area (Å²) in [5.41, 5.74) is 1.17. The lowest BCUT2D eigenvalue weighted by atomic mass is 10.2. The molecule has 16 heavy (non-hydrogen) atoms. The van der Waals surface area contributed by atoms with Gasteiger partial charge in [-0.05, 0) is 42.2 Å². The summed E-state index contributed by atoms with van der Waals surface area (Å²) in [7, 11) is 0. The molecule has 2 amide bonds. The molecule has 1 atom stereocenters. The Morgan fingerprint density at radius 1 is 1.50 bits per heavy atom. The van der Waals surface area contributed by atoms with Crippen molar-refractivity contribution in [2.45, 2.75) is 44.7 Å². The predicted octanol–water partition coefficient (Wildman–Crippen LogP) is 3.05. The Bertz CT molecular complexity index is 331. The van der Waals surface area contributed by atoms with Crippen LogP contribution >= 0.6 is 11.3 Å². The summed E-state index contributed by atoms with van der Waals surface area (Å²) in [6, 6.07) is 2.48. The fraction of sp³-hybridized carbons (Fsp3) is 0.583. The lowest BCUT2D eigenvalue weighted by Gasteiger charge is -2.16. The fourth-order valence-corrected chi connectivity index (χ4v) is 2.85. The van der Waals surface area contributed by atoms with Crippen molar-refractivity contribution in [1.29, 1.82) is 0 Å². The summed E-state index contributed by atoms with van der Waals surface area (Å²) in [5.74, 6) is 0. The highest BCUT2D eigenvalue weighted by Gasteiger charge is 2.18. The molecule has 1 aromatic heterocycles. The molecule has 1 heterocycles. The third-order valence-electron chi connectivity index (χ3n) is 3.08. The topological polar surface area (TPSA) is 41.1 Å². The van der Waals surface area contributed by atoms with Crippen LogP contribution in [-0.4, -0.2) is 12.1 Å². The fourth-order valence-electron chi connectivity index (χ4n) is 2.10. The van der Waals surface area contributed by atoms with Gasteiger partial charge in [0.1, 0.15) is 0 Å². The maximum Gasteiger partial charge on any atom is 0.315 e. The van der Waals surface area contributed by atoms with E-state index < -0.39 is 0 Å². The molecule has 0 radical (unpaired) electrons. The van der Waals surface area contributed by atoms with Crippen LogP contribution in [0.5, 0.6) is 0 Å². The predicted molar refractivity (Wildman–Crippen MR) is 66.7 cm³/mol. The lowest BCUT2D eigenvalue weighted by Crippen LogP contribution is -2.41. The summed E-state index contributed by atoms with van der Waals surface area (Å²) < 4.78 is 0. The van der Waals surface area contributed by atoms with E-state index >= 15 is 0 Å². The zero-order valence-corrected chi connectivity index (χ0v) is 10.3. The Morgan fingerprint density at radius 3 is 2.88 bits per heavy atom. The molecule has 4 heteroatoms. The highest BCUT2D eigenvalue weighted by Crippen LogP contribution is 2.18. The van der Waals surface area contributed by atoms with Gasteiger partial charge in [0.25, 0.3) is 0 Å². The standard InChI is InChI=1S/C12H18N2OS/c1-9(10-6-7-16-8-10)13-12(15)14-11-4-2-3-5-11/h6-9,11H,2-5H2,1H3,(H2,13,14,15). The molecule has 2 rings (SSSR count). The molecule has 0 saturated heterocycles. The minimum absolute atomic E-state index is 0.0365. The molecule has 1 aromatic rings. The van der Waals surface area contributed by atoms with Crippen molar-refractivity contribution in [3.05, 3.63) is 22.4 Å². The molecule has 0 aliphatic heterocycles. The van der Waals surface area contributed by atoms with Crippen LogP contribution in [0.1, 0.15) is 44.2 Å². The van der Waals surface area contributed by atoms with Gasteiger partial charge < -0.3 is 10.6 Å². The number of hydrogen-bond donors (Lipinski definition) is 2. The molecule has 88 valence electrons. The third-order valence-corrected chi connectivity index (χ3v) is 3.78. The van der Waals surface area contributed by atoms with Gasteiger partial charge in [-0.2, -0.15) is 11.3 Å². The van der Waals surface area contributed by atoms with Gasteiger partial charge in [-0.1, -0.05) is 12.8 Å². The highest BCUT2D eigenvalue weighted by molar-refractivity contribution is 7.07. The van der Waals surface area contributed by atoms with Gasteiger partial charge in [-0.25, -0.2) is 4.79 Å². The maximum atomic E-state index is 11.7. The Kier molecular flexibility index (Phi) is 3.83. The largest absolute Gasteiger partial charge is 0.335 e. The van der Waals surface area contributed by atoms with E-state index in [9.17, 15) is 4.79 Å². The molecule has 0 aromatic carbocycles. The molecular weight excluding hydrogens is 220 g/mol. The van der Waals surface area contributed by atoms with E-state index in [2.05, 4.69) is 16.0 Å². The monoisotopic (exact) mass is 238 g/mol. The number of nitrogens with one attached hydrogen (secondary N) is 2. The van der Waals surface area contributed by atoms with Crippen molar-refractivity contribution in [1.82, 2.24) is 10.6 Å². The van der Waals surface area contributed by atoms with Gasteiger partial charge in [-0.3, -0.25) is 0 Å². The molecular formula is C12H18N2OS. The average Bonchev–Trinajstić information content (AvgIpc) is 2.88. The summed E-state index contributed by atoms with van der Waals surface area (Å²) in [4.78, 5) is 11.7. The molecule has 0 bridgehead atoms. The third kappa shape index (κ3) is 2.98. The number of amides is 2. The first-order valence-corrected chi connectivity index (χ1v) is 6.79. The highest BCUT2D eigenvalue weighted by atomic mass is 32.1. The smallest absolute Gasteiger partial charge is 0.315 e. The maximum absolute atomic E-state index is 11.7. The summed E-state index contributed by atoms with van der Waals surface area (Å²) >= 11 is 1.66. The van der Waals surface area contributed by atoms with Gasteiger partial charge in [0.15, 0.2) is 0 Å². The quantitative estimate of drug-likeness (QED) is 0.835. The lowest BCUT2D eigenvalue weighted by molar-refractivity contribution is 0.234. The first-order chi connectivity index (χ1) is 7.75. The van der Waals surface area contributed by atoms with E-state index in [0.717, 1.165) is 12.8 Å². The van der Waals surface area contributed by atoms with Crippen LogP contribution in [0, 0.1) is 0 Å². The van der Waals surface area contributed by atoms with Crippen molar-refractivity contribution in [3.63, 3.8) is 0 Å². The minimum Gasteiger partial charge on any atom is -0.335 e. The number of hydrogen-bond acceptors (Lipinski definition) is 2. The number of carbonyl (C=O) groups excluding carboxylic acids is 1. The number of thiophene rings is 1. The van der Waals surface area contributed by atoms with Crippen LogP contribution in [0.3, 0.4) is 0 Å². The SMILES string of the molecule is CC(NC(=O)NC1CCCC1)c1ccsc1. The Labute approximate surface area is 100 Å². The van der Waals surface area contributed by atoms with Crippen molar-refractivity contribution in [2.75, 3.05) is 0 Å². The van der Waals surface area contributed by atoms with Crippen LogP contribution < -0.4 is 10.6 Å². The second-order valence-electron chi connectivity index (χ2n) is 4.38. The minimum atomic E-state index is -0.0365. The van der Waals surface area contributed by atoms with Crippen LogP contribution in [-0.2, 0) is 0 Å². The molecule has 3 nitrogen and oxygen atoms in total. The van der Waals surface area contributed by atoms with E-state index in [4.69, 9.17) is 0 Å². The van der Waals surface area contributed by atoms with Crippen molar-refractivity contribution < 1.29 is 4.79 Å². The number of carbonyl (C=O) groups is 1. The second kappa shape index (κ2) is 5.34. The molecule has 0 spiro atoms. The van der Waals surface area contributed by atoms with Crippen LogP contribution in [0.15, 0.2) is 16.8 Å². The Hall–Kier alpha value is -1.03. The average molecular weight is 238 g/mol. The first-order valence-electron chi connectivity index (χ1n) is 5.85. The van der Waals surface area contributed by atoms with E-state index in [0.29, 0.717) is 6.04 Å². The Balaban J connectivity index is 1.78. The summed E-state index contributed by atoms with van der Waals surface area (Å²) in [5, 5.41) is 10.1. The first kappa shape index (κ1) is 11.5. The Morgan fingerprint density at radius 2 is 2.25 bits per heavy atom. The molecule has 1 saturated carbocycles. The molecule has 1 aliphatic rings. The van der Waals surface area contributed by atoms with Gasteiger partial charge in [0.2, 0.25) is 0 Å². The van der Waals surface area contributed by atoms with Crippen molar-refractivity contribution in [2.24, 2.45) is 0 Å². The van der Waals surface area contributed by atoms with Crippen LogP contribution in [0.25, 0.3) is 0 Å². The van der Waals surface area contributed by atoms with E-state index in [1.165, 1.54) is 18.4 Å². The zero-order chi connectivity index (χ0) is 11.4. The zero-order valence-electron chi connectivity index (χ0n) is 9.53. The van der Waals surface area contributed by atoms with E-state index in [-0.39, 0.29) is 12.1 Å². The molecule has 2 N–H and O–H groups in total. The van der Waals surface area contributed by atoms with Gasteiger partial charge in [0.05, 0.1) is 6.04 Å². The van der Waals surface area contributed by atoms with Gasteiger partial charge in [-0.15, -0.1) is 0 Å². The second-order valence-corrected chi connectivity index (χ2v) is 5.16. The summed E-state index contributed by atoms with van der Waals surface area (Å²) in [6.07, 6.45) is 4.73. The number of rotatable bonds is 3. The van der Waals surface area contributed by atoms with Crippen molar-refractivity contribution >= 4 is 17.4 Å². The van der Waals surface area contributed by atoms with E-state index in [1.54, 1.807) is 11.3 Å². The van der Waals surface area contributed by atoms with E-state index in [1.807, 2.05) is 18.4 Å².